The Morgan fingerprint density at radius 1 is 1.13 bits per heavy atom. The van der Waals surface area contributed by atoms with Crippen molar-refractivity contribution in [2.24, 2.45) is 0 Å². The second kappa shape index (κ2) is 7.82. The number of fused-ring (bicyclic) bond motifs is 3. The Bertz CT molecular complexity index is 1200. The summed E-state index contributed by atoms with van der Waals surface area (Å²) in [6.07, 6.45) is 1.69. The third kappa shape index (κ3) is 3.43. The largest absolute Gasteiger partial charge is 0.507 e. The van der Waals surface area contributed by atoms with Gasteiger partial charge in [0.2, 0.25) is 5.88 Å². The molecule has 1 aliphatic rings. The topological polar surface area (TPSA) is 103 Å². The van der Waals surface area contributed by atoms with Gasteiger partial charge in [-0.05, 0) is 36.2 Å². The smallest absolute Gasteiger partial charge is 0.351 e. The maximum absolute atomic E-state index is 12.5. The van der Waals surface area contributed by atoms with Crippen molar-refractivity contribution in [3.05, 3.63) is 70.3 Å². The van der Waals surface area contributed by atoms with Gasteiger partial charge in [0.15, 0.2) is 17.3 Å². The van der Waals surface area contributed by atoms with Gasteiger partial charge in [0.05, 0.1) is 25.5 Å². The molecular formula is C22H20N2O6. The van der Waals surface area contributed by atoms with Crippen LogP contribution in [0.5, 0.6) is 23.1 Å². The number of aromatic nitrogens is 2. The summed E-state index contributed by atoms with van der Waals surface area (Å²) in [5.41, 5.74) is 2.20. The van der Waals surface area contributed by atoms with E-state index in [0.717, 1.165) is 17.4 Å². The van der Waals surface area contributed by atoms with Crippen LogP contribution in [0.15, 0.2) is 53.5 Å². The number of methoxy groups -OCH3 is 2. The van der Waals surface area contributed by atoms with Gasteiger partial charge in [0.1, 0.15) is 12.0 Å². The molecule has 154 valence electrons. The molecule has 0 amide bonds. The molecule has 1 aromatic heterocycles. The molecule has 2 heterocycles. The quantitative estimate of drug-likeness (QED) is 0.625. The second-order valence-electron chi connectivity index (χ2n) is 6.67. The van der Waals surface area contributed by atoms with Gasteiger partial charge in [-0.1, -0.05) is 12.1 Å². The number of nitrogens with zero attached hydrogens (tertiary/aromatic N) is 2. The van der Waals surface area contributed by atoms with E-state index >= 15 is 0 Å². The standard InChI is InChI=1S/C22H20N2O6/c1-28-19-9-13-7-8-24-16(15(13)10-20(19)29-2)11-21(23-22(24)27)30-12-18(26)14-5-3-4-6-17(14)25/h3-6,9-12,25-26H,7-8H2,1-2H3. The number of aryl methyl sites for hydroxylation is 1. The van der Waals surface area contributed by atoms with Crippen molar-refractivity contribution in [2.45, 2.75) is 13.0 Å². The molecule has 0 spiro atoms. The molecule has 4 rings (SSSR count). The predicted molar refractivity (Wildman–Crippen MR) is 110 cm³/mol. The summed E-state index contributed by atoms with van der Waals surface area (Å²) >= 11 is 0. The average Bonchev–Trinajstić information content (AvgIpc) is 2.76. The summed E-state index contributed by atoms with van der Waals surface area (Å²) < 4.78 is 17.8. The number of phenolic OH excluding ortho intramolecular Hbond substituents is 1. The Labute approximate surface area is 172 Å². The molecule has 0 fully saturated rings. The average molecular weight is 408 g/mol. The zero-order chi connectivity index (χ0) is 21.3. The van der Waals surface area contributed by atoms with Crippen molar-refractivity contribution < 1.29 is 24.4 Å². The van der Waals surface area contributed by atoms with Gasteiger partial charge in [-0.2, -0.15) is 4.98 Å². The number of hydrogen-bond acceptors (Lipinski definition) is 7. The molecule has 2 N–H and O–H groups in total. The minimum absolute atomic E-state index is 0.0239. The molecule has 0 saturated heterocycles. The van der Waals surface area contributed by atoms with Gasteiger partial charge >= 0.3 is 5.69 Å². The van der Waals surface area contributed by atoms with Crippen LogP contribution in [-0.4, -0.2) is 34.0 Å². The highest BCUT2D eigenvalue weighted by atomic mass is 16.5. The van der Waals surface area contributed by atoms with Crippen LogP contribution in [0.4, 0.5) is 0 Å². The first kappa shape index (κ1) is 19.4. The summed E-state index contributed by atoms with van der Waals surface area (Å²) in [5.74, 6) is 0.806. The number of phenols is 1. The molecule has 1 aliphatic heterocycles. The minimum atomic E-state index is -0.460. The molecule has 8 heteroatoms. The molecule has 0 bridgehead atoms. The normalized spacial score (nSPS) is 12.7. The van der Waals surface area contributed by atoms with Crippen molar-refractivity contribution in [1.29, 1.82) is 0 Å². The van der Waals surface area contributed by atoms with Gasteiger partial charge in [-0.15, -0.1) is 0 Å². The van der Waals surface area contributed by atoms with E-state index in [9.17, 15) is 15.0 Å². The molecular weight excluding hydrogens is 388 g/mol. The summed E-state index contributed by atoms with van der Waals surface area (Å²) in [7, 11) is 3.12. The number of hydrogen-bond donors (Lipinski definition) is 2. The van der Waals surface area contributed by atoms with Gasteiger partial charge in [-0.3, -0.25) is 4.57 Å². The van der Waals surface area contributed by atoms with E-state index in [4.69, 9.17) is 14.2 Å². The lowest BCUT2D eigenvalue weighted by Crippen LogP contribution is -2.28. The molecule has 2 aromatic carbocycles. The lowest BCUT2D eigenvalue weighted by atomic mass is 9.97. The summed E-state index contributed by atoms with van der Waals surface area (Å²) in [6.45, 7) is 0.475. The van der Waals surface area contributed by atoms with Crippen LogP contribution < -0.4 is 19.9 Å². The van der Waals surface area contributed by atoms with Crippen LogP contribution in [0.3, 0.4) is 0 Å². The Morgan fingerprint density at radius 2 is 1.87 bits per heavy atom. The number of para-hydroxylation sites is 1. The molecule has 0 aliphatic carbocycles. The first-order chi connectivity index (χ1) is 14.5. The van der Waals surface area contributed by atoms with Crippen LogP contribution in [0.1, 0.15) is 11.1 Å². The van der Waals surface area contributed by atoms with Crippen LogP contribution in [0, 0.1) is 0 Å². The molecule has 0 atom stereocenters. The van der Waals surface area contributed by atoms with E-state index in [2.05, 4.69) is 4.98 Å². The van der Waals surface area contributed by atoms with E-state index in [1.807, 2.05) is 12.1 Å². The van der Waals surface area contributed by atoms with E-state index in [-0.39, 0.29) is 23.0 Å². The molecule has 0 unspecified atom stereocenters. The third-order valence-corrected chi connectivity index (χ3v) is 4.95. The molecule has 0 radical (unpaired) electrons. The summed E-state index contributed by atoms with van der Waals surface area (Å²) in [5, 5.41) is 20.0. The molecule has 0 saturated carbocycles. The molecule has 30 heavy (non-hydrogen) atoms. The van der Waals surface area contributed by atoms with Crippen LogP contribution >= 0.6 is 0 Å². The fourth-order valence-electron chi connectivity index (χ4n) is 3.45. The highest BCUT2D eigenvalue weighted by Gasteiger charge is 2.22. The van der Waals surface area contributed by atoms with Crippen molar-refractivity contribution >= 4 is 5.76 Å². The molecule has 8 nitrogen and oxygen atoms in total. The zero-order valence-electron chi connectivity index (χ0n) is 16.5. The van der Waals surface area contributed by atoms with Crippen LogP contribution in [-0.2, 0) is 13.0 Å². The Balaban J connectivity index is 1.73. The second-order valence-corrected chi connectivity index (χ2v) is 6.67. The number of aromatic hydroxyl groups is 1. The van der Waals surface area contributed by atoms with E-state index in [1.54, 1.807) is 37.0 Å². The Morgan fingerprint density at radius 3 is 2.60 bits per heavy atom. The van der Waals surface area contributed by atoms with Crippen molar-refractivity contribution in [1.82, 2.24) is 9.55 Å². The maximum Gasteiger partial charge on any atom is 0.351 e. The Kier molecular flexibility index (Phi) is 5.05. The van der Waals surface area contributed by atoms with Crippen molar-refractivity contribution in [3.8, 4) is 34.4 Å². The van der Waals surface area contributed by atoms with Gasteiger partial charge in [0.25, 0.3) is 0 Å². The highest BCUT2D eigenvalue weighted by molar-refractivity contribution is 5.71. The first-order valence-electron chi connectivity index (χ1n) is 9.23. The Hall–Kier alpha value is -3.94. The van der Waals surface area contributed by atoms with Crippen molar-refractivity contribution in [3.63, 3.8) is 0 Å². The summed E-state index contributed by atoms with van der Waals surface area (Å²) in [4.78, 5) is 16.5. The zero-order valence-corrected chi connectivity index (χ0v) is 16.5. The van der Waals surface area contributed by atoms with Gasteiger partial charge in [-0.25, -0.2) is 4.79 Å². The molecule has 3 aromatic rings. The highest BCUT2D eigenvalue weighted by Crippen LogP contribution is 2.38. The number of benzene rings is 2. The van der Waals surface area contributed by atoms with E-state index in [0.29, 0.717) is 30.2 Å². The fraction of sp³-hybridized carbons (Fsp3) is 0.182. The maximum atomic E-state index is 12.5. The number of aliphatic hydroxyl groups is 1. The predicted octanol–water partition coefficient (Wildman–Crippen LogP) is 3.12. The lowest BCUT2D eigenvalue weighted by Gasteiger charge is -2.23. The van der Waals surface area contributed by atoms with E-state index < -0.39 is 5.69 Å². The fourth-order valence-corrected chi connectivity index (χ4v) is 3.45. The van der Waals surface area contributed by atoms with E-state index in [1.165, 1.54) is 12.1 Å². The minimum Gasteiger partial charge on any atom is -0.507 e. The van der Waals surface area contributed by atoms with Gasteiger partial charge < -0.3 is 24.4 Å². The number of aliphatic hydroxyl groups excluding tert-OH is 1. The first-order valence-corrected chi connectivity index (χ1v) is 9.23. The van der Waals surface area contributed by atoms with Crippen LogP contribution in [0.2, 0.25) is 0 Å². The van der Waals surface area contributed by atoms with Crippen LogP contribution in [0.25, 0.3) is 17.0 Å². The number of ether oxygens (including phenoxy) is 3. The van der Waals surface area contributed by atoms with Crippen molar-refractivity contribution in [2.75, 3.05) is 14.2 Å². The lowest BCUT2D eigenvalue weighted by molar-refractivity contribution is 0.354. The number of rotatable bonds is 5. The third-order valence-electron chi connectivity index (χ3n) is 4.95. The monoisotopic (exact) mass is 408 g/mol. The summed E-state index contributed by atoms with van der Waals surface area (Å²) in [6, 6.07) is 11.6. The van der Waals surface area contributed by atoms with Gasteiger partial charge in [0, 0.05) is 18.2 Å². The SMILES string of the molecule is COc1cc2c(cc1OC)-c1cc(OC=C(O)c3ccccc3O)nc(=O)n1CC2.